The summed E-state index contributed by atoms with van der Waals surface area (Å²) >= 11 is 0. The van der Waals surface area contributed by atoms with Crippen LogP contribution in [0.5, 0.6) is 0 Å². The fraction of sp³-hybridized carbons (Fsp3) is 0.250. The average Bonchev–Trinajstić information content (AvgIpc) is 3.19. The molecule has 0 amide bonds. The van der Waals surface area contributed by atoms with Crippen LogP contribution in [-0.2, 0) is 19.6 Å². The van der Waals surface area contributed by atoms with Gasteiger partial charge in [-0.25, -0.2) is 8.42 Å². The number of rotatable bonds is 7. The number of sulfonamides is 1. The van der Waals surface area contributed by atoms with Crippen LogP contribution >= 0.6 is 0 Å². The van der Waals surface area contributed by atoms with Crippen LogP contribution in [0.3, 0.4) is 0 Å². The molecule has 1 atom stereocenters. The lowest BCUT2D eigenvalue weighted by molar-refractivity contribution is -0.149. The van der Waals surface area contributed by atoms with Crippen LogP contribution in [0.15, 0.2) is 63.9 Å². The van der Waals surface area contributed by atoms with Gasteiger partial charge in [0.25, 0.3) is 5.89 Å². The molecule has 0 radical (unpaired) electrons. The maximum atomic E-state index is 12.6. The Labute approximate surface area is 169 Å². The molecule has 0 spiro atoms. The van der Waals surface area contributed by atoms with E-state index in [1.165, 1.54) is 19.2 Å². The maximum absolute atomic E-state index is 12.6. The first-order valence-corrected chi connectivity index (χ1v) is 10.3. The third-order valence-corrected chi connectivity index (χ3v) is 6.02. The third kappa shape index (κ3) is 4.87. The molecule has 152 valence electrons. The molecule has 0 fully saturated rings. The molecule has 9 heteroatoms. The Morgan fingerprint density at radius 3 is 2.41 bits per heavy atom. The fourth-order valence-electron chi connectivity index (χ4n) is 2.54. The number of ether oxygens (including phenoxy) is 1. The van der Waals surface area contributed by atoms with Crippen molar-refractivity contribution in [3.05, 3.63) is 66.1 Å². The minimum Gasteiger partial charge on any atom is -0.452 e. The van der Waals surface area contributed by atoms with Crippen molar-refractivity contribution >= 4 is 16.0 Å². The summed E-state index contributed by atoms with van der Waals surface area (Å²) in [4.78, 5) is 12.3. The summed E-state index contributed by atoms with van der Waals surface area (Å²) in [6.45, 7) is 2.99. The zero-order valence-corrected chi connectivity index (χ0v) is 17.1. The van der Waals surface area contributed by atoms with E-state index in [4.69, 9.17) is 9.15 Å². The predicted molar refractivity (Wildman–Crippen MR) is 105 cm³/mol. The Morgan fingerprint density at radius 1 is 1.10 bits per heavy atom. The molecule has 29 heavy (non-hydrogen) atoms. The molecular weight excluding hydrogens is 394 g/mol. The highest BCUT2D eigenvalue weighted by Crippen LogP contribution is 2.22. The summed E-state index contributed by atoms with van der Waals surface area (Å²) in [6.07, 6.45) is -0.817. The summed E-state index contributed by atoms with van der Waals surface area (Å²) < 4.78 is 36.9. The van der Waals surface area contributed by atoms with Gasteiger partial charge in [-0.1, -0.05) is 35.9 Å². The van der Waals surface area contributed by atoms with Gasteiger partial charge in [0.2, 0.25) is 15.9 Å². The predicted octanol–water partition coefficient (Wildman–Crippen LogP) is 2.97. The molecule has 0 aliphatic heterocycles. The van der Waals surface area contributed by atoms with Crippen molar-refractivity contribution in [2.45, 2.75) is 24.8 Å². The van der Waals surface area contributed by atoms with Gasteiger partial charge in [0, 0.05) is 12.6 Å². The van der Waals surface area contributed by atoms with Crippen molar-refractivity contribution in [1.29, 1.82) is 0 Å². The minimum absolute atomic E-state index is 0.107. The van der Waals surface area contributed by atoms with Crippen LogP contribution in [0.4, 0.5) is 0 Å². The molecule has 0 saturated carbocycles. The number of hydrogen-bond donors (Lipinski definition) is 0. The molecule has 0 unspecified atom stereocenters. The second-order valence-corrected chi connectivity index (χ2v) is 8.56. The monoisotopic (exact) mass is 415 g/mol. The summed E-state index contributed by atoms with van der Waals surface area (Å²) in [5, 5.41) is 7.85. The number of carbonyl (C=O) groups excluding carboxylic acids is 1. The first-order valence-electron chi connectivity index (χ1n) is 8.88. The van der Waals surface area contributed by atoms with E-state index in [0.29, 0.717) is 5.89 Å². The van der Waals surface area contributed by atoms with Gasteiger partial charge in [-0.15, -0.1) is 10.2 Å². The molecule has 2 aromatic carbocycles. The highest BCUT2D eigenvalue weighted by molar-refractivity contribution is 7.89. The van der Waals surface area contributed by atoms with Crippen molar-refractivity contribution in [3.8, 4) is 11.5 Å². The summed E-state index contributed by atoms with van der Waals surface area (Å²) in [5.74, 6) is -0.293. The van der Waals surface area contributed by atoms with Gasteiger partial charge in [0.1, 0.15) is 6.54 Å². The topological polar surface area (TPSA) is 103 Å². The Kier molecular flexibility index (Phi) is 6.09. The SMILES string of the molecule is Cc1ccc(S(=O)(=O)N(C)CC(=O)O[C@H](C)c2nnc(-c3ccccc3)o2)cc1. The minimum atomic E-state index is -3.80. The van der Waals surface area contributed by atoms with Crippen molar-refractivity contribution in [2.24, 2.45) is 0 Å². The Balaban J connectivity index is 1.63. The van der Waals surface area contributed by atoms with Crippen molar-refractivity contribution in [1.82, 2.24) is 14.5 Å². The molecule has 3 aromatic rings. The molecular formula is C20H21N3O5S. The number of aromatic nitrogens is 2. The molecule has 0 aliphatic rings. The van der Waals surface area contributed by atoms with E-state index in [1.807, 2.05) is 37.3 Å². The van der Waals surface area contributed by atoms with Gasteiger partial charge in [-0.3, -0.25) is 4.79 Å². The summed E-state index contributed by atoms with van der Waals surface area (Å²) in [5.41, 5.74) is 1.68. The fourth-order valence-corrected chi connectivity index (χ4v) is 3.65. The van der Waals surface area contributed by atoms with Gasteiger partial charge >= 0.3 is 5.97 Å². The van der Waals surface area contributed by atoms with E-state index in [2.05, 4.69) is 10.2 Å². The molecule has 8 nitrogen and oxygen atoms in total. The van der Waals surface area contributed by atoms with Gasteiger partial charge in [-0.05, 0) is 38.1 Å². The first-order chi connectivity index (χ1) is 13.8. The number of carbonyl (C=O) groups is 1. The Hall–Kier alpha value is -3.04. The van der Waals surface area contributed by atoms with Crippen molar-refractivity contribution in [3.63, 3.8) is 0 Å². The van der Waals surface area contributed by atoms with E-state index in [9.17, 15) is 13.2 Å². The number of hydrogen-bond acceptors (Lipinski definition) is 7. The summed E-state index contributed by atoms with van der Waals surface area (Å²) in [7, 11) is -2.48. The van der Waals surface area contributed by atoms with Crippen LogP contribution in [0.2, 0.25) is 0 Å². The lowest BCUT2D eigenvalue weighted by Gasteiger charge is -2.17. The number of nitrogens with zero attached hydrogens (tertiary/aromatic N) is 3. The quantitative estimate of drug-likeness (QED) is 0.547. The molecule has 1 aromatic heterocycles. The number of likely N-dealkylation sites (N-methyl/N-ethyl adjacent to an activating group) is 1. The Bertz CT molecular complexity index is 1080. The van der Waals surface area contributed by atoms with Crippen LogP contribution < -0.4 is 0 Å². The zero-order valence-electron chi connectivity index (χ0n) is 16.3. The van der Waals surface area contributed by atoms with E-state index < -0.39 is 28.6 Å². The lowest BCUT2D eigenvalue weighted by atomic mass is 10.2. The third-order valence-electron chi connectivity index (χ3n) is 4.20. The summed E-state index contributed by atoms with van der Waals surface area (Å²) in [6, 6.07) is 15.6. The van der Waals surface area contributed by atoms with Gasteiger partial charge in [-0.2, -0.15) is 4.31 Å². The molecule has 0 saturated heterocycles. The second-order valence-electron chi connectivity index (χ2n) is 6.52. The van der Waals surface area contributed by atoms with Crippen LogP contribution in [-0.4, -0.2) is 42.5 Å². The highest BCUT2D eigenvalue weighted by Gasteiger charge is 2.25. The number of aryl methyl sites for hydroxylation is 1. The van der Waals surface area contributed by atoms with Crippen LogP contribution in [0.25, 0.3) is 11.5 Å². The van der Waals surface area contributed by atoms with E-state index in [-0.39, 0.29) is 10.8 Å². The number of benzene rings is 2. The van der Waals surface area contributed by atoms with Gasteiger partial charge < -0.3 is 9.15 Å². The molecule has 0 N–H and O–H groups in total. The average molecular weight is 415 g/mol. The second kappa shape index (κ2) is 8.54. The van der Waals surface area contributed by atoms with E-state index in [0.717, 1.165) is 15.4 Å². The van der Waals surface area contributed by atoms with Gasteiger partial charge in [0.15, 0.2) is 6.10 Å². The van der Waals surface area contributed by atoms with Crippen LogP contribution in [0, 0.1) is 6.92 Å². The lowest BCUT2D eigenvalue weighted by Crippen LogP contribution is -2.33. The highest BCUT2D eigenvalue weighted by atomic mass is 32.2. The molecule has 1 heterocycles. The van der Waals surface area contributed by atoms with Crippen molar-refractivity contribution in [2.75, 3.05) is 13.6 Å². The van der Waals surface area contributed by atoms with E-state index in [1.54, 1.807) is 19.1 Å². The van der Waals surface area contributed by atoms with Crippen molar-refractivity contribution < 1.29 is 22.4 Å². The molecule has 0 bridgehead atoms. The normalized spacial score (nSPS) is 12.7. The first kappa shape index (κ1) is 20.7. The number of esters is 1. The zero-order chi connectivity index (χ0) is 21.0. The smallest absolute Gasteiger partial charge is 0.322 e. The standard InChI is InChI=1S/C20H21N3O5S/c1-14-9-11-17(12-10-14)29(25,26)23(3)13-18(24)27-15(2)19-21-22-20(28-19)16-7-5-4-6-8-16/h4-12,15H,13H2,1-3H3/t15-/m1/s1. The molecule has 3 rings (SSSR count). The molecule has 0 aliphatic carbocycles. The largest absolute Gasteiger partial charge is 0.452 e. The Morgan fingerprint density at radius 2 is 1.76 bits per heavy atom. The van der Waals surface area contributed by atoms with Gasteiger partial charge in [0.05, 0.1) is 4.90 Å². The maximum Gasteiger partial charge on any atom is 0.322 e. The van der Waals surface area contributed by atoms with Crippen LogP contribution in [0.1, 0.15) is 24.5 Å². The van der Waals surface area contributed by atoms with E-state index >= 15 is 0 Å².